The lowest BCUT2D eigenvalue weighted by molar-refractivity contribution is 0.302. The van der Waals surface area contributed by atoms with Gasteiger partial charge in [-0.25, -0.2) is 0 Å². The maximum atomic E-state index is 5.76. The second-order valence-corrected chi connectivity index (χ2v) is 5.62. The second-order valence-electron chi connectivity index (χ2n) is 4.77. The molecular formula is C16H25BrO2. The maximum absolute atomic E-state index is 5.76. The minimum absolute atomic E-state index is 0.790. The molecule has 0 N–H and O–H groups in total. The summed E-state index contributed by atoms with van der Waals surface area (Å²) in [7, 11) is 1.67. The quantitative estimate of drug-likeness (QED) is 0.521. The van der Waals surface area contributed by atoms with E-state index in [2.05, 4.69) is 22.9 Å². The molecule has 0 unspecified atom stereocenters. The SMILES string of the molecule is CCCCCCCCCOc1ccc(OC)cc1Br. The summed E-state index contributed by atoms with van der Waals surface area (Å²) in [6, 6.07) is 5.80. The number of hydrogen-bond donors (Lipinski definition) is 0. The fourth-order valence-corrected chi connectivity index (χ4v) is 2.44. The fraction of sp³-hybridized carbons (Fsp3) is 0.625. The van der Waals surface area contributed by atoms with Crippen LogP contribution < -0.4 is 9.47 Å². The van der Waals surface area contributed by atoms with Gasteiger partial charge in [-0.15, -0.1) is 0 Å². The van der Waals surface area contributed by atoms with Crippen LogP contribution >= 0.6 is 15.9 Å². The van der Waals surface area contributed by atoms with Gasteiger partial charge < -0.3 is 9.47 Å². The number of halogens is 1. The van der Waals surface area contributed by atoms with Gasteiger partial charge in [-0.05, 0) is 40.5 Å². The Bertz CT molecular complexity index is 353. The minimum Gasteiger partial charge on any atom is -0.497 e. The van der Waals surface area contributed by atoms with E-state index in [4.69, 9.17) is 9.47 Å². The first-order valence-corrected chi connectivity index (χ1v) is 8.03. The summed E-state index contributed by atoms with van der Waals surface area (Å²) < 4.78 is 11.9. The summed E-state index contributed by atoms with van der Waals surface area (Å²) in [5.41, 5.74) is 0. The Balaban J connectivity index is 2.12. The highest BCUT2D eigenvalue weighted by atomic mass is 79.9. The monoisotopic (exact) mass is 328 g/mol. The molecule has 108 valence electrons. The molecule has 0 aromatic heterocycles. The molecule has 0 bridgehead atoms. The van der Waals surface area contributed by atoms with E-state index in [1.165, 1.54) is 38.5 Å². The van der Waals surface area contributed by atoms with Gasteiger partial charge in [-0.3, -0.25) is 0 Å². The van der Waals surface area contributed by atoms with Gasteiger partial charge in [0.2, 0.25) is 0 Å². The standard InChI is InChI=1S/C16H25BrO2/c1-3-4-5-6-7-8-9-12-19-16-11-10-14(18-2)13-15(16)17/h10-11,13H,3-9,12H2,1-2H3. The van der Waals surface area contributed by atoms with Gasteiger partial charge in [-0.1, -0.05) is 45.4 Å². The van der Waals surface area contributed by atoms with Crippen LogP contribution in [0.2, 0.25) is 0 Å². The highest BCUT2D eigenvalue weighted by molar-refractivity contribution is 9.10. The number of hydrogen-bond acceptors (Lipinski definition) is 2. The van der Waals surface area contributed by atoms with E-state index in [1.54, 1.807) is 7.11 Å². The topological polar surface area (TPSA) is 18.5 Å². The average Bonchev–Trinajstić information content (AvgIpc) is 2.43. The van der Waals surface area contributed by atoms with Crippen LogP contribution in [0.15, 0.2) is 22.7 Å². The van der Waals surface area contributed by atoms with E-state index < -0.39 is 0 Å². The first kappa shape index (κ1) is 16.4. The van der Waals surface area contributed by atoms with Crippen molar-refractivity contribution in [3.63, 3.8) is 0 Å². The zero-order valence-electron chi connectivity index (χ0n) is 12.1. The predicted molar refractivity (Wildman–Crippen MR) is 84.2 cm³/mol. The van der Waals surface area contributed by atoms with Crippen molar-refractivity contribution in [2.45, 2.75) is 51.9 Å². The van der Waals surface area contributed by atoms with Gasteiger partial charge >= 0.3 is 0 Å². The zero-order valence-corrected chi connectivity index (χ0v) is 13.7. The lowest BCUT2D eigenvalue weighted by Gasteiger charge is -2.09. The summed E-state index contributed by atoms with van der Waals surface area (Å²) in [6.07, 6.45) is 9.14. The molecule has 0 aliphatic heterocycles. The molecule has 0 saturated heterocycles. The smallest absolute Gasteiger partial charge is 0.133 e. The van der Waals surface area contributed by atoms with Crippen molar-refractivity contribution < 1.29 is 9.47 Å². The zero-order chi connectivity index (χ0) is 13.9. The minimum atomic E-state index is 0.790. The molecule has 3 heteroatoms. The van der Waals surface area contributed by atoms with E-state index >= 15 is 0 Å². The third kappa shape index (κ3) is 6.86. The Morgan fingerprint density at radius 3 is 2.32 bits per heavy atom. The van der Waals surface area contributed by atoms with E-state index in [1.807, 2.05) is 18.2 Å². The largest absolute Gasteiger partial charge is 0.497 e. The van der Waals surface area contributed by atoms with Crippen LogP contribution in [0.3, 0.4) is 0 Å². The van der Waals surface area contributed by atoms with Crippen LogP contribution in [-0.4, -0.2) is 13.7 Å². The van der Waals surface area contributed by atoms with E-state index in [9.17, 15) is 0 Å². The fourth-order valence-electron chi connectivity index (χ4n) is 1.97. The molecule has 1 rings (SSSR count). The van der Waals surface area contributed by atoms with Crippen LogP contribution in [0.4, 0.5) is 0 Å². The van der Waals surface area contributed by atoms with Gasteiger partial charge in [0.25, 0.3) is 0 Å². The van der Waals surface area contributed by atoms with Crippen molar-refractivity contribution in [2.24, 2.45) is 0 Å². The molecule has 0 fully saturated rings. The summed E-state index contributed by atoms with van der Waals surface area (Å²) in [5.74, 6) is 1.74. The molecule has 2 nitrogen and oxygen atoms in total. The number of benzene rings is 1. The summed E-state index contributed by atoms with van der Waals surface area (Å²) in [5, 5.41) is 0. The van der Waals surface area contributed by atoms with Crippen LogP contribution in [0.1, 0.15) is 51.9 Å². The summed E-state index contributed by atoms with van der Waals surface area (Å²) in [6.45, 7) is 3.04. The van der Waals surface area contributed by atoms with Gasteiger partial charge in [0.15, 0.2) is 0 Å². The molecule has 0 atom stereocenters. The summed E-state index contributed by atoms with van der Waals surface area (Å²) >= 11 is 3.49. The Morgan fingerprint density at radius 2 is 1.68 bits per heavy atom. The van der Waals surface area contributed by atoms with Crippen molar-refractivity contribution in [3.8, 4) is 11.5 Å². The summed E-state index contributed by atoms with van der Waals surface area (Å²) in [4.78, 5) is 0. The average molecular weight is 329 g/mol. The molecule has 0 saturated carbocycles. The Kier molecular flexibility index (Phi) is 8.72. The van der Waals surface area contributed by atoms with Crippen LogP contribution in [0.5, 0.6) is 11.5 Å². The highest BCUT2D eigenvalue weighted by Crippen LogP contribution is 2.29. The van der Waals surface area contributed by atoms with E-state index in [0.717, 1.165) is 29.0 Å². The third-order valence-electron chi connectivity index (χ3n) is 3.14. The van der Waals surface area contributed by atoms with Crippen molar-refractivity contribution in [3.05, 3.63) is 22.7 Å². The highest BCUT2D eigenvalue weighted by Gasteiger charge is 2.02. The Morgan fingerprint density at radius 1 is 1.00 bits per heavy atom. The van der Waals surface area contributed by atoms with E-state index in [-0.39, 0.29) is 0 Å². The van der Waals surface area contributed by atoms with Crippen LogP contribution in [-0.2, 0) is 0 Å². The first-order chi connectivity index (χ1) is 9.27. The molecule has 0 spiro atoms. The van der Waals surface area contributed by atoms with Crippen molar-refractivity contribution >= 4 is 15.9 Å². The molecule has 1 aromatic rings. The molecule has 19 heavy (non-hydrogen) atoms. The predicted octanol–water partition coefficient (Wildman–Crippen LogP) is 5.59. The normalized spacial score (nSPS) is 10.5. The van der Waals surface area contributed by atoms with Gasteiger partial charge in [0.05, 0.1) is 18.2 Å². The number of unbranched alkanes of at least 4 members (excludes halogenated alkanes) is 6. The lowest BCUT2D eigenvalue weighted by Crippen LogP contribution is -1.98. The molecule has 0 aliphatic carbocycles. The molecule has 0 radical (unpaired) electrons. The van der Waals surface area contributed by atoms with Crippen LogP contribution in [0, 0.1) is 0 Å². The molecule has 0 heterocycles. The Hall–Kier alpha value is -0.700. The second kappa shape index (κ2) is 10.1. The maximum Gasteiger partial charge on any atom is 0.133 e. The molecule has 0 aliphatic rings. The van der Waals surface area contributed by atoms with Gasteiger partial charge in [0.1, 0.15) is 11.5 Å². The molecular weight excluding hydrogens is 304 g/mol. The van der Waals surface area contributed by atoms with E-state index in [0.29, 0.717) is 0 Å². The number of rotatable bonds is 10. The number of ether oxygens (including phenoxy) is 2. The van der Waals surface area contributed by atoms with Crippen molar-refractivity contribution in [2.75, 3.05) is 13.7 Å². The molecule has 1 aromatic carbocycles. The lowest BCUT2D eigenvalue weighted by atomic mass is 10.1. The third-order valence-corrected chi connectivity index (χ3v) is 3.76. The van der Waals surface area contributed by atoms with Crippen molar-refractivity contribution in [1.82, 2.24) is 0 Å². The van der Waals surface area contributed by atoms with Crippen LogP contribution in [0.25, 0.3) is 0 Å². The van der Waals surface area contributed by atoms with Gasteiger partial charge in [-0.2, -0.15) is 0 Å². The first-order valence-electron chi connectivity index (χ1n) is 7.24. The van der Waals surface area contributed by atoms with Gasteiger partial charge in [0, 0.05) is 0 Å². The van der Waals surface area contributed by atoms with Crippen molar-refractivity contribution in [1.29, 1.82) is 0 Å². The Labute approximate surface area is 125 Å². The number of methoxy groups -OCH3 is 1. The molecule has 0 amide bonds.